The van der Waals surface area contributed by atoms with E-state index in [1.54, 1.807) is 17.0 Å². The van der Waals surface area contributed by atoms with Crippen molar-refractivity contribution in [2.75, 3.05) is 11.4 Å². The summed E-state index contributed by atoms with van der Waals surface area (Å²) in [6.07, 6.45) is 0. The molecule has 2 rings (SSSR count). The highest BCUT2D eigenvalue weighted by Crippen LogP contribution is 2.20. The molecule has 5 nitrogen and oxygen atoms in total. The molecule has 1 N–H and O–H groups in total. The van der Waals surface area contributed by atoms with Gasteiger partial charge >= 0.3 is 6.03 Å². The zero-order valence-corrected chi connectivity index (χ0v) is 9.25. The SMILES string of the molecule is CC1(C)CN(c2ccc(Cl)nn2)C(=O)N1. The van der Waals surface area contributed by atoms with E-state index in [9.17, 15) is 4.79 Å². The Bertz CT molecular complexity index is 390. The second-order valence-electron chi connectivity index (χ2n) is 4.11. The van der Waals surface area contributed by atoms with Crippen molar-refractivity contribution in [3.05, 3.63) is 17.3 Å². The highest BCUT2D eigenvalue weighted by atomic mass is 35.5. The molecular formula is C9H11ClN4O. The molecule has 1 fully saturated rings. The van der Waals surface area contributed by atoms with Gasteiger partial charge < -0.3 is 5.32 Å². The summed E-state index contributed by atoms with van der Waals surface area (Å²) in [5.41, 5.74) is -0.238. The minimum atomic E-state index is -0.238. The Morgan fingerprint density at radius 3 is 2.67 bits per heavy atom. The van der Waals surface area contributed by atoms with Crippen molar-refractivity contribution in [3.63, 3.8) is 0 Å². The average molecular weight is 227 g/mol. The van der Waals surface area contributed by atoms with Crippen molar-refractivity contribution in [1.82, 2.24) is 15.5 Å². The lowest BCUT2D eigenvalue weighted by Crippen LogP contribution is -2.36. The normalized spacial score (nSPS) is 19.1. The van der Waals surface area contributed by atoms with E-state index in [-0.39, 0.29) is 11.6 Å². The second kappa shape index (κ2) is 3.34. The maximum Gasteiger partial charge on any atom is 0.323 e. The van der Waals surface area contributed by atoms with Gasteiger partial charge in [0.2, 0.25) is 0 Å². The lowest BCUT2D eigenvalue weighted by Gasteiger charge is -2.16. The standard InChI is InChI=1S/C9H11ClN4O/c1-9(2)5-14(8(15)11-9)7-4-3-6(10)12-13-7/h3-4H,5H2,1-2H3,(H,11,15). The number of rotatable bonds is 1. The van der Waals surface area contributed by atoms with Crippen LogP contribution in [0.4, 0.5) is 10.6 Å². The molecule has 1 aliphatic rings. The van der Waals surface area contributed by atoms with Gasteiger partial charge in [-0.15, -0.1) is 10.2 Å². The molecule has 2 amide bonds. The topological polar surface area (TPSA) is 58.1 Å². The first kappa shape index (κ1) is 10.2. The van der Waals surface area contributed by atoms with Gasteiger partial charge in [-0.3, -0.25) is 4.90 Å². The lowest BCUT2D eigenvalue weighted by atomic mass is 10.1. The molecule has 0 bridgehead atoms. The van der Waals surface area contributed by atoms with Crippen LogP contribution in [-0.2, 0) is 0 Å². The smallest absolute Gasteiger partial charge is 0.323 e. The molecule has 1 aliphatic heterocycles. The van der Waals surface area contributed by atoms with Gasteiger partial charge in [-0.05, 0) is 26.0 Å². The monoisotopic (exact) mass is 226 g/mol. The number of urea groups is 1. The number of anilines is 1. The third-order valence-corrected chi connectivity index (χ3v) is 2.34. The molecule has 1 saturated heterocycles. The summed E-state index contributed by atoms with van der Waals surface area (Å²) in [6, 6.07) is 3.13. The van der Waals surface area contributed by atoms with E-state index in [4.69, 9.17) is 11.6 Å². The highest BCUT2D eigenvalue weighted by Gasteiger charge is 2.36. The Morgan fingerprint density at radius 2 is 2.20 bits per heavy atom. The summed E-state index contributed by atoms with van der Waals surface area (Å²) >= 11 is 5.62. The Kier molecular flexibility index (Phi) is 2.26. The van der Waals surface area contributed by atoms with Crippen molar-refractivity contribution in [2.45, 2.75) is 19.4 Å². The summed E-state index contributed by atoms with van der Waals surface area (Å²) in [5, 5.41) is 10.7. The Hall–Kier alpha value is -1.36. The molecule has 1 aromatic rings. The summed E-state index contributed by atoms with van der Waals surface area (Å²) < 4.78 is 0. The van der Waals surface area contributed by atoms with Crippen LogP contribution >= 0.6 is 11.6 Å². The number of halogens is 1. The van der Waals surface area contributed by atoms with E-state index in [0.29, 0.717) is 17.5 Å². The van der Waals surface area contributed by atoms with Gasteiger partial charge in [0.25, 0.3) is 0 Å². The van der Waals surface area contributed by atoms with Crippen LogP contribution in [0.25, 0.3) is 0 Å². The molecule has 0 radical (unpaired) electrons. The van der Waals surface area contributed by atoms with Crippen LogP contribution in [0.3, 0.4) is 0 Å². The lowest BCUT2D eigenvalue weighted by molar-refractivity contribution is 0.248. The van der Waals surface area contributed by atoms with Gasteiger partial charge in [-0.1, -0.05) is 11.6 Å². The highest BCUT2D eigenvalue weighted by molar-refractivity contribution is 6.29. The number of carbonyl (C=O) groups is 1. The van der Waals surface area contributed by atoms with E-state index in [2.05, 4.69) is 15.5 Å². The maximum absolute atomic E-state index is 11.6. The van der Waals surface area contributed by atoms with Crippen LogP contribution in [0, 0.1) is 0 Å². The van der Waals surface area contributed by atoms with E-state index in [1.165, 1.54) is 0 Å². The third kappa shape index (κ3) is 2.02. The van der Waals surface area contributed by atoms with Gasteiger partial charge in [0.1, 0.15) is 0 Å². The number of hydrogen-bond acceptors (Lipinski definition) is 3. The average Bonchev–Trinajstić information content (AvgIpc) is 2.41. The second-order valence-corrected chi connectivity index (χ2v) is 4.50. The van der Waals surface area contributed by atoms with E-state index < -0.39 is 0 Å². The number of hydrogen-bond donors (Lipinski definition) is 1. The van der Waals surface area contributed by atoms with Crippen LogP contribution in [0.5, 0.6) is 0 Å². The fourth-order valence-electron chi connectivity index (χ4n) is 1.50. The van der Waals surface area contributed by atoms with Crippen LogP contribution in [0.15, 0.2) is 12.1 Å². The first-order valence-corrected chi connectivity index (χ1v) is 4.95. The minimum absolute atomic E-state index is 0.156. The van der Waals surface area contributed by atoms with Crippen molar-refractivity contribution in [3.8, 4) is 0 Å². The van der Waals surface area contributed by atoms with Gasteiger partial charge in [0.05, 0.1) is 12.1 Å². The molecule has 0 atom stereocenters. The van der Waals surface area contributed by atoms with Crippen LogP contribution < -0.4 is 10.2 Å². The quantitative estimate of drug-likeness (QED) is 0.788. The zero-order valence-electron chi connectivity index (χ0n) is 8.49. The molecule has 2 heterocycles. The molecule has 0 spiro atoms. The van der Waals surface area contributed by atoms with Crippen molar-refractivity contribution in [2.24, 2.45) is 0 Å². The summed E-state index contributed by atoms with van der Waals surface area (Å²) in [7, 11) is 0. The van der Waals surface area contributed by atoms with Crippen molar-refractivity contribution >= 4 is 23.4 Å². The first-order chi connectivity index (χ1) is 6.98. The predicted octanol–water partition coefficient (Wildman–Crippen LogP) is 1.44. The molecule has 0 unspecified atom stereocenters. The van der Waals surface area contributed by atoms with Gasteiger partial charge in [0.15, 0.2) is 11.0 Å². The summed E-state index contributed by atoms with van der Waals surface area (Å²) in [6.45, 7) is 4.48. The Balaban J connectivity index is 2.25. The largest absolute Gasteiger partial charge is 0.331 e. The Labute approximate surface area is 92.4 Å². The van der Waals surface area contributed by atoms with Gasteiger partial charge in [-0.2, -0.15) is 0 Å². The number of carbonyl (C=O) groups excluding carboxylic acids is 1. The number of nitrogens with one attached hydrogen (secondary N) is 1. The van der Waals surface area contributed by atoms with Gasteiger partial charge in [-0.25, -0.2) is 4.79 Å². The fraction of sp³-hybridized carbons (Fsp3) is 0.444. The number of nitrogens with zero attached hydrogens (tertiary/aromatic N) is 3. The molecular weight excluding hydrogens is 216 g/mol. The maximum atomic E-state index is 11.6. The van der Waals surface area contributed by atoms with Crippen LogP contribution in [-0.4, -0.2) is 28.3 Å². The fourth-order valence-corrected chi connectivity index (χ4v) is 1.60. The summed E-state index contributed by atoms with van der Waals surface area (Å²) in [5.74, 6) is 0.516. The summed E-state index contributed by atoms with van der Waals surface area (Å²) in [4.78, 5) is 13.1. The number of aromatic nitrogens is 2. The number of amides is 2. The molecule has 0 aliphatic carbocycles. The Morgan fingerprint density at radius 1 is 1.47 bits per heavy atom. The molecule has 0 aromatic carbocycles. The third-order valence-electron chi connectivity index (χ3n) is 2.14. The van der Waals surface area contributed by atoms with E-state index in [1.807, 2.05) is 13.8 Å². The molecule has 6 heteroatoms. The molecule has 1 aromatic heterocycles. The van der Waals surface area contributed by atoms with Crippen LogP contribution in [0.2, 0.25) is 5.15 Å². The van der Waals surface area contributed by atoms with E-state index >= 15 is 0 Å². The first-order valence-electron chi connectivity index (χ1n) is 4.57. The molecule has 80 valence electrons. The minimum Gasteiger partial charge on any atom is -0.331 e. The van der Waals surface area contributed by atoms with Crippen LogP contribution in [0.1, 0.15) is 13.8 Å². The van der Waals surface area contributed by atoms with Gasteiger partial charge in [0, 0.05) is 0 Å². The zero-order chi connectivity index (χ0) is 11.1. The molecule has 15 heavy (non-hydrogen) atoms. The predicted molar refractivity (Wildman–Crippen MR) is 57.0 cm³/mol. The molecule has 0 saturated carbocycles. The van der Waals surface area contributed by atoms with E-state index in [0.717, 1.165) is 0 Å². The van der Waals surface area contributed by atoms with Crippen molar-refractivity contribution in [1.29, 1.82) is 0 Å². The van der Waals surface area contributed by atoms with Crippen molar-refractivity contribution < 1.29 is 4.79 Å².